The third-order valence-corrected chi connectivity index (χ3v) is 2.22. The third-order valence-electron chi connectivity index (χ3n) is 1.56. The Kier molecular flexibility index (Phi) is 7.67. The van der Waals surface area contributed by atoms with Crippen molar-refractivity contribution in [2.45, 2.75) is 0 Å². The standard InChI is InChI=1S/C6H6Cl2.C6H4FNO2/c1-3-4-6(8)5(2)7;7-5-1-3-6(4-2-5)8(9)10/h3-4H,1-2H2;1-4H/b6-4+;. The van der Waals surface area contributed by atoms with Crippen LogP contribution in [0.1, 0.15) is 0 Å². The first-order valence-corrected chi connectivity index (χ1v) is 5.37. The molecule has 1 aromatic carbocycles. The summed E-state index contributed by atoms with van der Waals surface area (Å²) in [5.41, 5.74) is -0.0959. The summed E-state index contributed by atoms with van der Waals surface area (Å²) >= 11 is 10.8. The molecule has 0 aliphatic rings. The number of benzene rings is 1. The molecule has 0 bridgehead atoms. The molecule has 0 radical (unpaired) electrons. The summed E-state index contributed by atoms with van der Waals surface area (Å²) in [5.74, 6) is -0.467. The van der Waals surface area contributed by atoms with Gasteiger partial charge in [0.25, 0.3) is 5.69 Å². The molecule has 3 nitrogen and oxygen atoms in total. The van der Waals surface area contributed by atoms with Crippen LogP contribution in [0.25, 0.3) is 0 Å². The van der Waals surface area contributed by atoms with Crippen molar-refractivity contribution < 1.29 is 9.31 Å². The van der Waals surface area contributed by atoms with Crippen LogP contribution in [0, 0.1) is 15.9 Å². The molecule has 0 aliphatic heterocycles. The minimum absolute atomic E-state index is 0.0959. The van der Waals surface area contributed by atoms with Crippen molar-refractivity contribution in [3.8, 4) is 0 Å². The van der Waals surface area contributed by atoms with Crippen LogP contribution >= 0.6 is 23.2 Å². The molecule has 0 saturated carbocycles. The Balaban J connectivity index is 0.000000331. The van der Waals surface area contributed by atoms with Gasteiger partial charge in [0.15, 0.2) is 0 Å². The zero-order chi connectivity index (χ0) is 14.1. The van der Waals surface area contributed by atoms with Crippen LogP contribution in [-0.2, 0) is 0 Å². The Morgan fingerprint density at radius 3 is 2.11 bits per heavy atom. The number of hydrogen-bond donors (Lipinski definition) is 0. The lowest BCUT2D eigenvalue weighted by Gasteiger charge is -1.87. The quantitative estimate of drug-likeness (QED) is 0.456. The first kappa shape index (κ1) is 16.4. The average molecular weight is 290 g/mol. The Morgan fingerprint density at radius 1 is 1.33 bits per heavy atom. The van der Waals surface area contributed by atoms with Crippen LogP contribution in [0.3, 0.4) is 0 Å². The highest BCUT2D eigenvalue weighted by Gasteiger charge is 2.02. The predicted octanol–water partition coefficient (Wildman–Crippen LogP) is 4.78. The maximum atomic E-state index is 12.1. The van der Waals surface area contributed by atoms with E-state index >= 15 is 0 Å². The minimum Gasteiger partial charge on any atom is -0.258 e. The number of rotatable bonds is 3. The first-order chi connectivity index (χ1) is 8.38. The van der Waals surface area contributed by atoms with Crippen LogP contribution in [0.5, 0.6) is 0 Å². The molecule has 0 N–H and O–H groups in total. The van der Waals surface area contributed by atoms with E-state index < -0.39 is 10.7 Å². The lowest BCUT2D eigenvalue weighted by molar-refractivity contribution is -0.384. The van der Waals surface area contributed by atoms with E-state index in [9.17, 15) is 14.5 Å². The van der Waals surface area contributed by atoms with Gasteiger partial charge in [-0.1, -0.05) is 42.4 Å². The molecule has 96 valence electrons. The Bertz CT molecular complexity index is 469. The van der Waals surface area contributed by atoms with Gasteiger partial charge in [-0.05, 0) is 18.2 Å². The van der Waals surface area contributed by atoms with Crippen LogP contribution in [0.15, 0.2) is 59.6 Å². The molecular formula is C12H10Cl2FNO2. The number of nitro benzene ring substituents is 1. The average Bonchev–Trinajstić information content (AvgIpc) is 2.30. The zero-order valence-electron chi connectivity index (χ0n) is 9.28. The van der Waals surface area contributed by atoms with E-state index in [1.54, 1.807) is 12.2 Å². The largest absolute Gasteiger partial charge is 0.269 e. The third kappa shape index (κ3) is 6.83. The summed E-state index contributed by atoms with van der Waals surface area (Å²) in [6.07, 6.45) is 3.13. The SMILES string of the molecule is C=C/C=C(/Cl)C(=C)Cl.O=[N+]([O-])c1ccc(F)cc1. The van der Waals surface area contributed by atoms with Gasteiger partial charge in [0.1, 0.15) is 5.82 Å². The van der Waals surface area contributed by atoms with Gasteiger partial charge >= 0.3 is 0 Å². The highest BCUT2D eigenvalue weighted by atomic mass is 35.5. The first-order valence-electron chi connectivity index (χ1n) is 4.61. The fourth-order valence-electron chi connectivity index (χ4n) is 0.757. The van der Waals surface area contributed by atoms with Crippen molar-refractivity contribution in [3.05, 3.63) is 75.6 Å². The van der Waals surface area contributed by atoms with Gasteiger partial charge in [-0.15, -0.1) is 0 Å². The second-order valence-corrected chi connectivity index (χ2v) is 3.75. The van der Waals surface area contributed by atoms with Gasteiger partial charge < -0.3 is 0 Å². The summed E-state index contributed by atoms with van der Waals surface area (Å²) < 4.78 is 12.1. The second-order valence-electron chi connectivity index (χ2n) is 2.89. The van der Waals surface area contributed by atoms with E-state index in [4.69, 9.17) is 23.2 Å². The van der Waals surface area contributed by atoms with Gasteiger partial charge in [-0.3, -0.25) is 10.1 Å². The Morgan fingerprint density at radius 2 is 1.83 bits per heavy atom. The lowest BCUT2D eigenvalue weighted by atomic mass is 10.3. The number of nitrogens with zero attached hydrogens (tertiary/aromatic N) is 1. The van der Waals surface area contributed by atoms with E-state index in [1.165, 1.54) is 0 Å². The van der Waals surface area contributed by atoms with E-state index in [0.717, 1.165) is 24.3 Å². The molecule has 0 fully saturated rings. The van der Waals surface area contributed by atoms with Crippen molar-refractivity contribution in [2.75, 3.05) is 0 Å². The molecule has 0 atom stereocenters. The highest BCUT2D eigenvalue weighted by Crippen LogP contribution is 2.15. The molecule has 0 heterocycles. The minimum atomic E-state index is -0.570. The number of allylic oxidation sites excluding steroid dienone is 4. The molecule has 0 aliphatic carbocycles. The summed E-state index contributed by atoms with van der Waals surface area (Å²) in [6.45, 7) is 6.81. The van der Waals surface area contributed by atoms with E-state index in [0.29, 0.717) is 10.1 Å². The van der Waals surface area contributed by atoms with Gasteiger partial charge in [0, 0.05) is 12.1 Å². The van der Waals surface area contributed by atoms with E-state index in [-0.39, 0.29) is 5.69 Å². The van der Waals surface area contributed by atoms with Crippen molar-refractivity contribution in [1.82, 2.24) is 0 Å². The van der Waals surface area contributed by atoms with Crippen LogP contribution in [0.4, 0.5) is 10.1 Å². The molecule has 18 heavy (non-hydrogen) atoms. The Labute approximate surface area is 114 Å². The lowest BCUT2D eigenvalue weighted by Crippen LogP contribution is -1.86. The number of non-ortho nitro benzene ring substituents is 1. The smallest absolute Gasteiger partial charge is 0.258 e. The molecule has 0 amide bonds. The predicted molar refractivity (Wildman–Crippen MR) is 72.2 cm³/mol. The second kappa shape index (κ2) is 8.44. The molecule has 0 saturated heterocycles. The van der Waals surface area contributed by atoms with Crippen molar-refractivity contribution in [1.29, 1.82) is 0 Å². The van der Waals surface area contributed by atoms with Crippen LogP contribution in [-0.4, -0.2) is 4.92 Å². The molecule has 0 aromatic heterocycles. The van der Waals surface area contributed by atoms with E-state index in [2.05, 4.69) is 13.2 Å². The number of nitro groups is 1. The van der Waals surface area contributed by atoms with Crippen LogP contribution in [0.2, 0.25) is 0 Å². The zero-order valence-corrected chi connectivity index (χ0v) is 10.8. The van der Waals surface area contributed by atoms with Gasteiger partial charge in [-0.25, -0.2) is 4.39 Å². The highest BCUT2D eigenvalue weighted by molar-refractivity contribution is 6.43. The summed E-state index contributed by atoms with van der Waals surface area (Å²) in [6, 6.07) is 4.35. The normalized spacial score (nSPS) is 10.1. The number of hydrogen-bond acceptors (Lipinski definition) is 2. The maximum Gasteiger partial charge on any atom is 0.269 e. The Hall–Kier alpha value is -1.65. The van der Waals surface area contributed by atoms with Crippen molar-refractivity contribution >= 4 is 28.9 Å². The molecular weight excluding hydrogens is 280 g/mol. The molecule has 1 rings (SSSR count). The fraction of sp³-hybridized carbons (Fsp3) is 0. The maximum absolute atomic E-state index is 12.1. The molecule has 6 heteroatoms. The molecule has 0 unspecified atom stereocenters. The van der Waals surface area contributed by atoms with Gasteiger partial charge in [0.05, 0.1) is 15.0 Å². The van der Waals surface area contributed by atoms with E-state index in [1.807, 2.05) is 0 Å². The molecule has 0 spiro atoms. The number of halogens is 3. The molecule has 1 aromatic rings. The summed E-state index contributed by atoms with van der Waals surface area (Å²) in [7, 11) is 0. The monoisotopic (exact) mass is 289 g/mol. The fourth-order valence-corrected chi connectivity index (χ4v) is 0.909. The summed E-state index contributed by atoms with van der Waals surface area (Å²) in [5, 5.41) is 10.8. The summed E-state index contributed by atoms with van der Waals surface area (Å²) in [4.78, 5) is 9.43. The van der Waals surface area contributed by atoms with Gasteiger partial charge in [-0.2, -0.15) is 0 Å². The van der Waals surface area contributed by atoms with Crippen LogP contribution < -0.4 is 0 Å². The van der Waals surface area contributed by atoms with Crippen molar-refractivity contribution in [3.63, 3.8) is 0 Å². The topological polar surface area (TPSA) is 43.1 Å². The van der Waals surface area contributed by atoms with Crippen molar-refractivity contribution in [2.24, 2.45) is 0 Å². The van der Waals surface area contributed by atoms with Gasteiger partial charge in [0.2, 0.25) is 0 Å².